The number of hydrogen-bond donors (Lipinski definition) is 1. The molecule has 1 aromatic heterocycles. The van der Waals surface area contributed by atoms with Crippen LogP contribution in [-0.4, -0.2) is 45.5 Å². The van der Waals surface area contributed by atoms with Crippen molar-refractivity contribution in [3.8, 4) is 0 Å². The summed E-state index contributed by atoms with van der Waals surface area (Å²) in [7, 11) is 3.40. The van der Waals surface area contributed by atoms with Crippen LogP contribution >= 0.6 is 0 Å². The third kappa shape index (κ3) is 4.58. The van der Waals surface area contributed by atoms with Gasteiger partial charge in [0.25, 0.3) is 0 Å². The number of rotatable bonds is 8. The van der Waals surface area contributed by atoms with E-state index in [0.717, 1.165) is 31.8 Å². The lowest BCUT2D eigenvalue weighted by molar-refractivity contribution is 0.191. The fourth-order valence-corrected chi connectivity index (χ4v) is 1.63. The number of anilines is 2. The van der Waals surface area contributed by atoms with Crippen molar-refractivity contribution in [1.29, 1.82) is 0 Å². The molecule has 5 heteroatoms. The lowest BCUT2D eigenvalue weighted by Gasteiger charge is -2.25. The molecule has 0 aliphatic heterocycles. The molecule has 2 N–H and O–H groups in total. The fourth-order valence-electron chi connectivity index (χ4n) is 1.63. The third-order valence-electron chi connectivity index (χ3n) is 2.50. The molecule has 0 atom stereocenters. The van der Waals surface area contributed by atoms with Gasteiger partial charge in [0.1, 0.15) is 5.82 Å². The Morgan fingerprint density at radius 2 is 2.00 bits per heavy atom. The zero-order chi connectivity index (χ0) is 12.5. The Hall–Kier alpha value is -1.33. The lowest BCUT2D eigenvalue weighted by atomic mass is 10.3. The summed E-state index contributed by atoms with van der Waals surface area (Å²) in [6, 6.07) is 3.87. The third-order valence-corrected chi connectivity index (χ3v) is 2.50. The van der Waals surface area contributed by atoms with E-state index in [4.69, 9.17) is 15.2 Å². The maximum Gasteiger partial charge on any atom is 0.146 e. The van der Waals surface area contributed by atoms with Gasteiger partial charge in [-0.1, -0.05) is 0 Å². The molecule has 96 valence electrons. The Labute approximate surface area is 103 Å². The lowest BCUT2D eigenvalue weighted by Crippen LogP contribution is -2.29. The van der Waals surface area contributed by atoms with Crippen molar-refractivity contribution in [2.45, 2.75) is 6.42 Å². The number of aromatic nitrogens is 1. The summed E-state index contributed by atoms with van der Waals surface area (Å²) in [5.41, 5.74) is 6.83. The van der Waals surface area contributed by atoms with Crippen molar-refractivity contribution in [1.82, 2.24) is 4.98 Å². The van der Waals surface area contributed by atoms with Gasteiger partial charge in [-0.15, -0.1) is 0 Å². The van der Waals surface area contributed by atoms with Gasteiger partial charge < -0.3 is 20.1 Å². The molecule has 0 aromatic carbocycles. The minimum Gasteiger partial charge on any atom is -0.385 e. The van der Waals surface area contributed by atoms with Gasteiger partial charge in [-0.25, -0.2) is 4.98 Å². The van der Waals surface area contributed by atoms with E-state index >= 15 is 0 Å². The Balaban J connectivity index is 2.64. The van der Waals surface area contributed by atoms with E-state index in [1.807, 2.05) is 12.1 Å². The molecule has 0 spiro atoms. The van der Waals surface area contributed by atoms with Crippen LogP contribution in [0.15, 0.2) is 18.3 Å². The molecule has 0 aliphatic rings. The number of nitrogens with zero attached hydrogens (tertiary/aromatic N) is 2. The SMILES string of the molecule is COCCCN(CCOC)c1cccnc1N. The molecule has 1 heterocycles. The average Bonchev–Trinajstić information content (AvgIpc) is 2.35. The number of pyridine rings is 1. The first-order valence-corrected chi connectivity index (χ1v) is 5.73. The van der Waals surface area contributed by atoms with Crippen LogP contribution in [0.1, 0.15) is 6.42 Å². The standard InChI is InChI=1S/C12H21N3O2/c1-16-9-4-7-15(8-10-17-2)11-5-3-6-14-12(11)13/h3,5-6H,4,7-10H2,1-2H3,(H2,13,14). The highest BCUT2D eigenvalue weighted by molar-refractivity contribution is 5.62. The molecular formula is C12H21N3O2. The first kappa shape index (κ1) is 13.7. The normalized spacial score (nSPS) is 10.5. The molecule has 0 aliphatic carbocycles. The first-order valence-electron chi connectivity index (χ1n) is 5.73. The molecule has 0 unspecified atom stereocenters. The van der Waals surface area contributed by atoms with E-state index < -0.39 is 0 Å². The van der Waals surface area contributed by atoms with Gasteiger partial charge in [0.15, 0.2) is 0 Å². The summed E-state index contributed by atoms with van der Waals surface area (Å²) in [5.74, 6) is 0.556. The number of methoxy groups -OCH3 is 2. The van der Waals surface area contributed by atoms with Crippen LogP contribution in [0, 0.1) is 0 Å². The predicted molar refractivity (Wildman–Crippen MR) is 69.2 cm³/mol. The van der Waals surface area contributed by atoms with Gasteiger partial charge in [0, 0.05) is 40.1 Å². The largest absolute Gasteiger partial charge is 0.385 e. The highest BCUT2D eigenvalue weighted by Crippen LogP contribution is 2.19. The van der Waals surface area contributed by atoms with Gasteiger partial charge in [-0.2, -0.15) is 0 Å². The fraction of sp³-hybridized carbons (Fsp3) is 0.583. The van der Waals surface area contributed by atoms with Gasteiger partial charge in [0.05, 0.1) is 12.3 Å². The molecule has 5 nitrogen and oxygen atoms in total. The van der Waals surface area contributed by atoms with Crippen molar-refractivity contribution in [2.24, 2.45) is 0 Å². The van der Waals surface area contributed by atoms with Crippen molar-refractivity contribution in [2.75, 3.05) is 51.2 Å². The second-order valence-electron chi connectivity index (χ2n) is 3.73. The highest BCUT2D eigenvalue weighted by atomic mass is 16.5. The second kappa shape index (κ2) is 7.86. The summed E-state index contributed by atoms with van der Waals surface area (Å²) >= 11 is 0. The van der Waals surface area contributed by atoms with Gasteiger partial charge >= 0.3 is 0 Å². The Morgan fingerprint density at radius 1 is 1.24 bits per heavy atom. The maximum atomic E-state index is 5.87. The summed E-state index contributed by atoms with van der Waals surface area (Å²) in [5, 5.41) is 0. The van der Waals surface area contributed by atoms with Crippen LogP contribution in [0.5, 0.6) is 0 Å². The van der Waals surface area contributed by atoms with Gasteiger partial charge in [0.2, 0.25) is 0 Å². The van der Waals surface area contributed by atoms with Crippen molar-refractivity contribution >= 4 is 11.5 Å². The topological polar surface area (TPSA) is 60.6 Å². The molecule has 0 saturated carbocycles. The first-order chi connectivity index (χ1) is 8.29. The van der Waals surface area contributed by atoms with E-state index in [1.165, 1.54) is 0 Å². The van der Waals surface area contributed by atoms with Crippen molar-refractivity contribution in [3.05, 3.63) is 18.3 Å². The predicted octanol–water partition coefficient (Wildman–Crippen LogP) is 1.15. The van der Waals surface area contributed by atoms with Crippen LogP contribution in [0.4, 0.5) is 11.5 Å². The Bertz CT molecular complexity index is 320. The highest BCUT2D eigenvalue weighted by Gasteiger charge is 2.09. The van der Waals surface area contributed by atoms with Crippen LogP contribution < -0.4 is 10.6 Å². The summed E-state index contributed by atoms with van der Waals surface area (Å²) in [4.78, 5) is 6.27. The van der Waals surface area contributed by atoms with E-state index in [1.54, 1.807) is 20.4 Å². The molecular weight excluding hydrogens is 218 g/mol. The molecule has 1 aromatic rings. The quantitative estimate of drug-likeness (QED) is 0.690. The second-order valence-corrected chi connectivity index (χ2v) is 3.73. The zero-order valence-corrected chi connectivity index (χ0v) is 10.6. The van der Waals surface area contributed by atoms with Crippen LogP contribution in [0.2, 0.25) is 0 Å². The number of hydrogen-bond acceptors (Lipinski definition) is 5. The molecule has 0 radical (unpaired) electrons. The maximum absolute atomic E-state index is 5.87. The van der Waals surface area contributed by atoms with E-state index in [-0.39, 0.29) is 0 Å². The number of ether oxygens (including phenoxy) is 2. The minimum atomic E-state index is 0.556. The smallest absolute Gasteiger partial charge is 0.146 e. The summed E-state index contributed by atoms with van der Waals surface area (Å²) in [6.45, 7) is 3.09. The van der Waals surface area contributed by atoms with Crippen molar-refractivity contribution < 1.29 is 9.47 Å². The van der Waals surface area contributed by atoms with E-state index in [2.05, 4.69) is 9.88 Å². The van der Waals surface area contributed by atoms with Gasteiger partial charge in [-0.05, 0) is 18.6 Å². The summed E-state index contributed by atoms with van der Waals surface area (Å²) < 4.78 is 10.2. The monoisotopic (exact) mass is 239 g/mol. The number of nitrogens with two attached hydrogens (primary N) is 1. The van der Waals surface area contributed by atoms with Crippen LogP contribution in [0.3, 0.4) is 0 Å². The molecule has 0 bridgehead atoms. The average molecular weight is 239 g/mol. The Kier molecular flexibility index (Phi) is 6.35. The van der Waals surface area contributed by atoms with Gasteiger partial charge in [-0.3, -0.25) is 0 Å². The van der Waals surface area contributed by atoms with E-state index in [0.29, 0.717) is 12.4 Å². The molecule has 17 heavy (non-hydrogen) atoms. The van der Waals surface area contributed by atoms with E-state index in [9.17, 15) is 0 Å². The molecule has 0 amide bonds. The Morgan fingerprint density at radius 3 is 2.65 bits per heavy atom. The minimum absolute atomic E-state index is 0.556. The zero-order valence-electron chi connectivity index (χ0n) is 10.6. The van der Waals surface area contributed by atoms with Crippen LogP contribution in [0.25, 0.3) is 0 Å². The molecule has 0 saturated heterocycles. The summed E-state index contributed by atoms with van der Waals surface area (Å²) in [6.07, 6.45) is 2.65. The molecule has 0 fully saturated rings. The number of nitrogen functional groups attached to an aromatic ring is 1. The van der Waals surface area contributed by atoms with Crippen molar-refractivity contribution in [3.63, 3.8) is 0 Å². The molecule has 1 rings (SSSR count). The van der Waals surface area contributed by atoms with Crippen LogP contribution in [-0.2, 0) is 9.47 Å².